The topological polar surface area (TPSA) is 104 Å². The lowest BCUT2D eigenvalue weighted by Crippen LogP contribution is -2.36. The first-order valence-electron chi connectivity index (χ1n) is 11.2. The lowest BCUT2D eigenvalue weighted by Gasteiger charge is -2.29. The van der Waals surface area contributed by atoms with E-state index in [0.717, 1.165) is 24.3 Å². The average Bonchev–Trinajstić information content (AvgIpc) is 3.42. The van der Waals surface area contributed by atoms with E-state index >= 15 is 0 Å². The van der Waals surface area contributed by atoms with Crippen LogP contribution in [0, 0.1) is 5.82 Å². The maximum atomic E-state index is 14.5. The van der Waals surface area contributed by atoms with Crippen molar-refractivity contribution in [3.63, 3.8) is 0 Å². The number of aromatic amines is 1. The van der Waals surface area contributed by atoms with E-state index in [1.165, 1.54) is 18.2 Å². The van der Waals surface area contributed by atoms with E-state index in [0.29, 0.717) is 41.2 Å². The molecule has 1 fully saturated rings. The molecule has 1 aliphatic rings. The summed E-state index contributed by atoms with van der Waals surface area (Å²) in [6, 6.07) is 14.0. The van der Waals surface area contributed by atoms with Crippen molar-refractivity contribution in [3.05, 3.63) is 77.8 Å². The van der Waals surface area contributed by atoms with Crippen molar-refractivity contribution in [2.24, 2.45) is 0 Å². The molecule has 0 aliphatic carbocycles. The first-order valence-corrected chi connectivity index (χ1v) is 11.6. The summed E-state index contributed by atoms with van der Waals surface area (Å²) in [5.41, 5.74) is 2.77. The number of pyridine rings is 1. The van der Waals surface area contributed by atoms with Crippen LogP contribution in [0.15, 0.2) is 67.0 Å². The largest absolute Gasteiger partial charge is 0.439 e. The molecule has 0 radical (unpaired) electrons. The van der Waals surface area contributed by atoms with Crippen molar-refractivity contribution in [1.29, 1.82) is 0 Å². The number of aromatic nitrogens is 3. The third-order valence-electron chi connectivity index (χ3n) is 5.44. The number of amides is 2. The van der Waals surface area contributed by atoms with E-state index in [9.17, 15) is 9.18 Å². The maximum absolute atomic E-state index is 14.5. The molecular weight excluding hydrogens is 487 g/mol. The fourth-order valence-corrected chi connectivity index (χ4v) is 3.97. The second-order valence-electron chi connectivity index (χ2n) is 7.97. The Morgan fingerprint density at radius 2 is 1.97 bits per heavy atom. The zero-order valence-electron chi connectivity index (χ0n) is 19.0. The van der Waals surface area contributed by atoms with E-state index in [-0.39, 0.29) is 5.69 Å². The fraction of sp³-hybridized carbons (Fsp3) is 0.160. The lowest BCUT2D eigenvalue weighted by molar-refractivity contribution is 0.122. The Morgan fingerprint density at radius 3 is 2.78 bits per heavy atom. The minimum atomic E-state index is -0.624. The third-order valence-corrected chi connectivity index (χ3v) is 5.66. The van der Waals surface area contributed by atoms with Crippen molar-refractivity contribution in [2.75, 3.05) is 41.8 Å². The number of carbonyl (C=O) groups excluding carboxylic acids is 1. The molecule has 0 spiro atoms. The maximum Gasteiger partial charge on any atom is 0.323 e. The predicted octanol–water partition coefficient (Wildman–Crippen LogP) is 5.54. The van der Waals surface area contributed by atoms with Crippen LogP contribution in [0.25, 0.3) is 11.3 Å². The fourth-order valence-electron chi connectivity index (χ4n) is 3.74. The SMILES string of the molecule is O=C(Nc1cc(Cl)cc(N2CCOCC2)c1)Nc1cc(Oc2cccc(-c3cn[nH]c3)n2)ccc1F. The highest BCUT2D eigenvalue weighted by molar-refractivity contribution is 6.31. The summed E-state index contributed by atoms with van der Waals surface area (Å²) in [6.45, 7) is 2.70. The van der Waals surface area contributed by atoms with Crippen LogP contribution in [0.3, 0.4) is 0 Å². The molecule has 5 rings (SSSR count). The van der Waals surface area contributed by atoms with E-state index in [2.05, 4.69) is 30.7 Å². The van der Waals surface area contributed by atoms with Crippen LogP contribution < -0.4 is 20.3 Å². The number of ether oxygens (including phenoxy) is 2. The van der Waals surface area contributed by atoms with E-state index in [1.54, 1.807) is 30.6 Å². The van der Waals surface area contributed by atoms with Gasteiger partial charge in [-0.3, -0.25) is 5.10 Å². The van der Waals surface area contributed by atoms with Crippen LogP contribution in [-0.4, -0.2) is 47.5 Å². The van der Waals surface area contributed by atoms with Gasteiger partial charge in [0.2, 0.25) is 5.88 Å². The molecule has 4 aromatic rings. The van der Waals surface area contributed by atoms with Gasteiger partial charge in [-0.1, -0.05) is 17.7 Å². The molecule has 11 heteroatoms. The Hall–Kier alpha value is -4.15. The van der Waals surface area contributed by atoms with Crippen molar-refractivity contribution in [2.45, 2.75) is 0 Å². The zero-order chi connectivity index (χ0) is 24.9. The zero-order valence-corrected chi connectivity index (χ0v) is 19.8. The molecule has 1 saturated heterocycles. The summed E-state index contributed by atoms with van der Waals surface area (Å²) in [7, 11) is 0. The van der Waals surface area contributed by atoms with Crippen molar-refractivity contribution in [3.8, 4) is 22.9 Å². The van der Waals surface area contributed by atoms with Gasteiger partial charge in [-0.05, 0) is 36.4 Å². The Balaban J connectivity index is 1.27. The molecule has 0 unspecified atom stereocenters. The van der Waals surface area contributed by atoms with Crippen molar-refractivity contribution >= 4 is 34.7 Å². The number of halogens is 2. The van der Waals surface area contributed by atoms with Gasteiger partial charge in [0.05, 0.1) is 30.8 Å². The summed E-state index contributed by atoms with van der Waals surface area (Å²) in [4.78, 5) is 19.2. The van der Waals surface area contributed by atoms with Gasteiger partial charge in [-0.2, -0.15) is 5.10 Å². The highest BCUT2D eigenvalue weighted by Crippen LogP contribution is 2.29. The normalized spacial score (nSPS) is 13.3. The first kappa shape index (κ1) is 23.6. The number of benzene rings is 2. The Kier molecular flexibility index (Phi) is 6.96. The molecule has 3 heterocycles. The number of H-pyrrole nitrogens is 1. The minimum Gasteiger partial charge on any atom is -0.439 e. The molecule has 0 saturated carbocycles. The quantitative estimate of drug-likeness (QED) is 0.316. The standard InChI is InChI=1S/C25H22ClFN6O3/c26-17-10-18(12-19(11-17)33-6-8-35-9-7-33)30-25(34)32-23-13-20(4-5-21(23)27)36-24-3-1-2-22(31-24)16-14-28-29-15-16/h1-5,10-15H,6-9H2,(H,28,29)(H2,30,32,34). The van der Waals surface area contributed by atoms with Gasteiger partial charge in [-0.25, -0.2) is 14.2 Å². The van der Waals surface area contributed by atoms with E-state index < -0.39 is 11.8 Å². The molecular formula is C25H22ClFN6O3. The number of nitrogens with zero attached hydrogens (tertiary/aromatic N) is 3. The highest BCUT2D eigenvalue weighted by Gasteiger charge is 2.15. The molecule has 9 nitrogen and oxygen atoms in total. The monoisotopic (exact) mass is 508 g/mol. The van der Waals surface area contributed by atoms with Crippen LogP contribution in [-0.2, 0) is 4.74 Å². The molecule has 36 heavy (non-hydrogen) atoms. The van der Waals surface area contributed by atoms with Crippen LogP contribution in [0.2, 0.25) is 5.02 Å². The second-order valence-corrected chi connectivity index (χ2v) is 8.40. The Bertz CT molecular complexity index is 1360. The molecule has 2 amide bonds. The number of urea groups is 1. The summed E-state index contributed by atoms with van der Waals surface area (Å²) in [5, 5.41) is 12.4. The van der Waals surface area contributed by atoms with Gasteiger partial charge in [0.1, 0.15) is 11.6 Å². The molecule has 1 aliphatic heterocycles. The first-order chi connectivity index (χ1) is 17.5. The Labute approximate surface area is 211 Å². The molecule has 0 bridgehead atoms. The van der Waals surface area contributed by atoms with E-state index in [1.807, 2.05) is 18.2 Å². The number of anilines is 3. The number of morpholine rings is 1. The lowest BCUT2D eigenvalue weighted by atomic mass is 10.2. The van der Waals surface area contributed by atoms with Gasteiger partial charge in [0, 0.05) is 53.4 Å². The number of rotatable bonds is 6. The van der Waals surface area contributed by atoms with Gasteiger partial charge < -0.3 is 25.0 Å². The Morgan fingerprint density at radius 1 is 1.11 bits per heavy atom. The van der Waals surface area contributed by atoms with E-state index in [4.69, 9.17) is 21.1 Å². The van der Waals surface area contributed by atoms with Crippen molar-refractivity contribution < 1.29 is 18.7 Å². The minimum absolute atomic E-state index is 0.0496. The van der Waals surface area contributed by atoms with Crippen LogP contribution in [0.5, 0.6) is 11.6 Å². The number of nitrogens with one attached hydrogen (secondary N) is 3. The summed E-state index contributed by atoms with van der Waals surface area (Å²) >= 11 is 6.26. The number of carbonyl (C=O) groups is 1. The van der Waals surface area contributed by atoms with Crippen LogP contribution in [0.1, 0.15) is 0 Å². The van der Waals surface area contributed by atoms with Crippen LogP contribution >= 0.6 is 11.6 Å². The summed E-state index contributed by atoms with van der Waals surface area (Å²) in [6.07, 6.45) is 3.36. The predicted molar refractivity (Wildman–Crippen MR) is 135 cm³/mol. The van der Waals surface area contributed by atoms with Gasteiger partial charge in [0.15, 0.2) is 0 Å². The summed E-state index contributed by atoms with van der Waals surface area (Å²) in [5.74, 6) is 0.00360. The molecule has 0 atom stereocenters. The number of hydrogen-bond donors (Lipinski definition) is 3. The molecule has 3 N–H and O–H groups in total. The second kappa shape index (κ2) is 10.6. The van der Waals surface area contributed by atoms with Gasteiger partial charge in [-0.15, -0.1) is 0 Å². The molecule has 2 aromatic heterocycles. The highest BCUT2D eigenvalue weighted by atomic mass is 35.5. The molecule has 2 aromatic carbocycles. The average molecular weight is 509 g/mol. The molecule has 184 valence electrons. The summed E-state index contributed by atoms with van der Waals surface area (Å²) < 4.78 is 25.6. The number of hydrogen-bond acceptors (Lipinski definition) is 6. The smallest absolute Gasteiger partial charge is 0.323 e. The third kappa shape index (κ3) is 5.73. The van der Waals surface area contributed by atoms with Crippen LogP contribution in [0.4, 0.5) is 26.2 Å². The van der Waals surface area contributed by atoms with Gasteiger partial charge >= 0.3 is 6.03 Å². The van der Waals surface area contributed by atoms with Crippen molar-refractivity contribution in [1.82, 2.24) is 15.2 Å². The van der Waals surface area contributed by atoms with Gasteiger partial charge in [0.25, 0.3) is 0 Å².